The molecular weight excluding hydrogens is 238 g/mol. The molecule has 0 spiro atoms. The van der Waals surface area contributed by atoms with Crippen LogP contribution in [-0.2, 0) is 0 Å². The third kappa shape index (κ3) is 1.94. The van der Waals surface area contributed by atoms with Crippen LogP contribution in [0.25, 0.3) is 10.9 Å². The van der Waals surface area contributed by atoms with Crippen LogP contribution < -0.4 is 11.0 Å². The van der Waals surface area contributed by atoms with Gasteiger partial charge in [-0.05, 0) is 31.2 Å². The molecule has 0 radical (unpaired) electrons. The number of fused-ring (bicyclic) bond motifs is 1. The topological polar surface area (TPSA) is 57.8 Å². The third-order valence-electron chi connectivity index (χ3n) is 3.18. The van der Waals surface area contributed by atoms with Gasteiger partial charge in [0.05, 0.1) is 5.52 Å². The Hall–Kier alpha value is -1.39. The summed E-state index contributed by atoms with van der Waals surface area (Å²) in [5.74, 6) is 0.340. The van der Waals surface area contributed by atoms with Gasteiger partial charge in [0.1, 0.15) is 0 Å². The average Bonchev–Trinajstić information content (AvgIpc) is 2.82. The van der Waals surface area contributed by atoms with Gasteiger partial charge in [0.15, 0.2) is 0 Å². The van der Waals surface area contributed by atoms with Crippen LogP contribution in [0.4, 0.5) is 0 Å². The highest BCUT2D eigenvalue weighted by Gasteiger charge is 2.20. The minimum Gasteiger partial charge on any atom is -0.316 e. The van der Waals surface area contributed by atoms with Gasteiger partial charge in [-0.25, -0.2) is 4.79 Å². The Labute approximate surface area is 103 Å². The number of aromatic nitrogens is 2. The summed E-state index contributed by atoms with van der Waals surface area (Å²) < 4.78 is 0. The Morgan fingerprint density at radius 1 is 1.41 bits per heavy atom. The number of halogens is 1. The van der Waals surface area contributed by atoms with Gasteiger partial charge < -0.3 is 10.3 Å². The third-order valence-corrected chi connectivity index (χ3v) is 3.42. The van der Waals surface area contributed by atoms with E-state index in [2.05, 4.69) is 15.3 Å². The zero-order valence-electron chi connectivity index (χ0n) is 9.16. The van der Waals surface area contributed by atoms with Gasteiger partial charge in [0, 0.05) is 28.6 Å². The predicted molar refractivity (Wildman–Crippen MR) is 67.6 cm³/mol. The van der Waals surface area contributed by atoms with Crippen LogP contribution in [0.2, 0.25) is 5.02 Å². The lowest BCUT2D eigenvalue weighted by molar-refractivity contribution is 0.735. The summed E-state index contributed by atoms with van der Waals surface area (Å²) in [6, 6.07) is 5.42. The molecule has 0 bridgehead atoms. The van der Waals surface area contributed by atoms with Crippen LogP contribution >= 0.6 is 11.6 Å². The van der Waals surface area contributed by atoms with Crippen molar-refractivity contribution in [1.82, 2.24) is 15.3 Å². The van der Waals surface area contributed by atoms with Crippen LogP contribution in [0.15, 0.2) is 23.0 Å². The van der Waals surface area contributed by atoms with Crippen LogP contribution in [-0.4, -0.2) is 23.1 Å². The number of rotatable bonds is 1. The van der Waals surface area contributed by atoms with E-state index in [0.29, 0.717) is 16.5 Å². The number of hydrogen-bond donors (Lipinski definition) is 2. The Morgan fingerprint density at radius 3 is 3.06 bits per heavy atom. The molecule has 1 fully saturated rings. The van der Waals surface area contributed by atoms with E-state index in [1.165, 1.54) is 0 Å². The van der Waals surface area contributed by atoms with Crippen molar-refractivity contribution in [1.29, 1.82) is 0 Å². The number of nitrogens with zero attached hydrogens (tertiary/aromatic N) is 1. The normalized spacial score (nSPS) is 19.9. The van der Waals surface area contributed by atoms with Crippen molar-refractivity contribution in [2.24, 2.45) is 0 Å². The first-order valence-corrected chi connectivity index (χ1v) is 6.02. The van der Waals surface area contributed by atoms with Crippen LogP contribution in [0.5, 0.6) is 0 Å². The van der Waals surface area contributed by atoms with Gasteiger partial charge in [0.25, 0.3) is 0 Å². The molecule has 1 aromatic heterocycles. The molecule has 1 atom stereocenters. The van der Waals surface area contributed by atoms with Crippen LogP contribution in [0, 0.1) is 0 Å². The molecule has 17 heavy (non-hydrogen) atoms. The second kappa shape index (κ2) is 4.13. The summed E-state index contributed by atoms with van der Waals surface area (Å²) in [6.45, 7) is 1.87. The first kappa shape index (κ1) is 10.7. The average molecular weight is 250 g/mol. The molecule has 3 rings (SSSR count). The fraction of sp³-hybridized carbons (Fsp3) is 0.333. The van der Waals surface area contributed by atoms with Crippen LogP contribution in [0.3, 0.4) is 0 Å². The second-order valence-corrected chi connectivity index (χ2v) is 4.74. The molecule has 2 N–H and O–H groups in total. The maximum atomic E-state index is 11.5. The maximum absolute atomic E-state index is 11.5. The Bertz CT molecular complexity index is 617. The van der Waals surface area contributed by atoms with Gasteiger partial charge in [-0.3, -0.25) is 0 Å². The molecule has 1 aliphatic rings. The summed E-state index contributed by atoms with van der Waals surface area (Å²) >= 11 is 6.00. The van der Waals surface area contributed by atoms with Crippen molar-refractivity contribution >= 4 is 22.5 Å². The Balaban J connectivity index is 2.27. The number of nitrogens with one attached hydrogen (secondary N) is 2. The molecule has 1 aromatic carbocycles. The molecule has 2 aromatic rings. The van der Waals surface area contributed by atoms with Crippen molar-refractivity contribution in [2.45, 2.75) is 12.3 Å². The highest BCUT2D eigenvalue weighted by molar-refractivity contribution is 6.31. The molecule has 1 aliphatic heterocycles. The molecule has 4 nitrogen and oxygen atoms in total. The monoisotopic (exact) mass is 249 g/mol. The Kier molecular flexibility index (Phi) is 2.61. The first-order valence-electron chi connectivity index (χ1n) is 5.64. The highest BCUT2D eigenvalue weighted by Crippen LogP contribution is 2.27. The van der Waals surface area contributed by atoms with Crippen molar-refractivity contribution in [3.8, 4) is 0 Å². The summed E-state index contributed by atoms with van der Waals surface area (Å²) in [4.78, 5) is 18.3. The van der Waals surface area contributed by atoms with E-state index in [1.54, 1.807) is 12.1 Å². The van der Waals surface area contributed by atoms with Gasteiger partial charge in [-0.1, -0.05) is 11.6 Å². The molecule has 2 heterocycles. The second-order valence-electron chi connectivity index (χ2n) is 4.31. The van der Waals surface area contributed by atoms with E-state index in [-0.39, 0.29) is 5.69 Å². The van der Waals surface area contributed by atoms with Crippen molar-refractivity contribution in [3.63, 3.8) is 0 Å². The van der Waals surface area contributed by atoms with E-state index in [1.807, 2.05) is 6.07 Å². The van der Waals surface area contributed by atoms with Crippen molar-refractivity contribution in [2.75, 3.05) is 13.1 Å². The van der Waals surface area contributed by atoms with Crippen molar-refractivity contribution < 1.29 is 0 Å². The SMILES string of the molecule is O=c1nc2ccc(Cl)cc2c(C2CCNC2)[nH]1. The molecule has 0 saturated carbocycles. The molecule has 88 valence electrons. The lowest BCUT2D eigenvalue weighted by atomic mass is 10.0. The van der Waals surface area contributed by atoms with Crippen LogP contribution in [0.1, 0.15) is 18.0 Å². The fourth-order valence-corrected chi connectivity index (χ4v) is 2.54. The number of H-pyrrole nitrogens is 1. The molecule has 0 amide bonds. The van der Waals surface area contributed by atoms with Gasteiger partial charge in [0.2, 0.25) is 0 Å². The van der Waals surface area contributed by atoms with E-state index < -0.39 is 0 Å². The standard InChI is InChI=1S/C12H12ClN3O/c13-8-1-2-10-9(5-8)11(16-12(17)15-10)7-3-4-14-6-7/h1-2,5,7,14H,3-4,6H2,(H,15,16,17). The van der Waals surface area contributed by atoms with Gasteiger partial charge in [-0.15, -0.1) is 0 Å². The lowest BCUT2D eigenvalue weighted by Gasteiger charge is -2.11. The number of aromatic amines is 1. The van der Waals surface area contributed by atoms with E-state index in [9.17, 15) is 4.79 Å². The molecule has 5 heteroatoms. The van der Waals surface area contributed by atoms with Crippen molar-refractivity contribution in [3.05, 3.63) is 39.4 Å². The molecule has 1 saturated heterocycles. The van der Waals surface area contributed by atoms with E-state index in [4.69, 9.17) is 11.6 Å². The fourth-order valence-electron chi connectivity index (χ4n) is 2.36. The number of benzene rings is 1. The Morgan fingerprint density at radius 2 is 2.29 bits per heavy atom. The highest BCUT2D eigenvalue weighted by atomic mass is 35.5. The van der Waals surface area contributed by atoms with E-state index >= 15 is 0 Å². The van der Waals surface area contributed by atoms with Gasteiger partial charge in [-0.2, -0.15) is 4.98 Å². The first-order chi connectivity index (χ1) is 8.24. The molecule has 1 unspecified atom stereocenters. The molecule has 0 aliphatic carbocycles. The minimum absolute atomic E-state index is 0.290. The molecular formula is C12H12ClN3O. The summed E-state index contributed by atoms with van der Waals surface area (Å²) in [7, 11) is 0. The summed E-state index contributed by atoms with van der Waals surface area (Å²) in [6.07, 6.45) is 1.03. The summed E-state index contributed by atoms with van der Waals surface area (Å²) in [5.41, 5.74) is 1.37. The van der Waals surface area contributed by atoms with Gasteiger partial charge >= 0.3 is 5.69 Å². The minimum atomic E-state index is -0.290. The summed E-state index contributed by atoms with van der Waals surface area (Å²) in [5, 5.41) is 4.91. The number of hydrogen-bond acceptors (Lipinski definition) is 3. The largest absolute Gasteiger partial charge is 0.345 e. The quantitative estimate of drug-likeness (QED) is 0.808. The van der Waals surface area contributed by atoms with E-state index in [0.717, 1.165) is 30.6 Å². The predicted octanol–water partition coefficient (Wildman–Crippen LogP) is 1.65. The smallest absolute Gasteiger partial charge is 0.316 e. The zero-order valence-corrected chi connectivity index (χ0v) is 9.92. The zero-order chi connectivity index (χ0) is 11.8. The maximum Gasteiger partial charge on any atom is 0.345 e. The lowest BCUT2D eigenvalue weighted by Crippen LogP contribution is -2.17.